The summed E-state index contributed by atoms with van der Waals surface area (Å²) in [7, 11) is 0. The Hall–Kier alpha value is -6.66. The van der Waals surface area contributed by atoms with Crippen molar-refractivity contribution in [3.63, 3.8) is 0 Å². The van der Waals surface area contributed by atoms with Crippen molar-refractivity contribution < 1.29 is 0 Å². The number of hydrogen-bond acceptors (Lipinski definition) is 6. The summed E-state index contributed by atoms with van der Waals surface area (Å²) in [5.41, 5.74) is 13.1. The molecule has 53 heavy (non-hydrogen) atoms. The molecule has 8 aromatic rings. The van der Waals surface area contributed by atoms with Crippen molar-refractivity contribution in [3.8, 4) is 33.9 Å². The molecular formula is C47H36N6. The predicted octanol–water partition coefficient (Wildman–Crippen LogP) is 11.1. The van der Waals surface area contributed by atoms with Gasteiger partial charge in [0.05, 0.1) is 22.4 Å². The molecule has 0 spiro atoms. The summed E-state index contributed by atoms with van der Waals surface area (Å²) in [5.74, 6) is 1.36. The molecule has 4 aromatic heterocycles. The standard InChI is InChI=1S/C47H36N6/c1-3-47(4-2)41-25-31(13-19-37-21-17-35(29-48-37)45-50-27-33-9-5-7-11-43(33)52-45)15-23-39(41)40-24-16-32(26-42(40)47)14-20-38-22-18-36(30-49-38)46-51-28-34-10-6-8-12-44(34)53-46/h5-30H,3-4H2,1-2H3/b19-13+,20-14+. The second-order valence-corrected chi connectivity index (χ2v) is 13.5. The van der Waals surface area contributed by atoms with Crippen LogP contribution in [-0.4, -0.2) is 29.9 Å². The SMILES string of the molecule is CCC1(CC)c2cc(/C=C/c3ccc(-c4ncc5ccccc5n4)cn3)ccc2-c2ccc(/C=C/c3ccc(-c4ncc5ccccc5n4)cn3)cc21. The molecule has 0 unspecified atom stereocenters. The Kier molecular flexibility index (Phi) is 8.20. The van der Waals surface area contributed by atoms with Crippen LogP contribution in [0.4, 0.5) is 0 Å². The molecule has 4 heterocycles. The van der Waals surface area contributed by atoms with E-state index in [1.165, 1.54) is 22.3 Å². The summed E-state index contributed by atoms with van der Waals surface area (Å²) in [4.78, 5) is 28.0. The minimum absolute atomic E-state index is 0.0577. The van der Waals surface area contributed by atoms with E-state index in [2.05, 4.69) is 84.5 Å². The lowest BCUT2D eigenvalue weighted by Crippen LogP contribution is -2.23. The van der Waals surface area contributed by atoms with Gasteiger partial charge in [0, 0.05) is 52.1 Å². The highest BCUT2D eigenvalue weighted by molar-refractivity contribution is 5.85. The second-order valence-electron chi connectivity index (χ2n) is 13.5. The van der Waals surface area contributed by atoms with E-state index in [0.29, 0.717) is 11.6 Å². The highest BCUT2D eigenvalue weighted by atomic mass is 14.9. The molecule has 0 saturated heterocycles. The molecule has 4 aromatic carbocycles. The lowest BCUT2D eigenvalue weighted by Gasteiger charge is -2.30. The number of para-hydroxylation sites is 2. The molecular weight excluding hydrogens is 649 g/mol. The van der Waals surface area contributed by atoms with E-state index in [4.69, 9.17) is 19.9 Å². The van der Waals surface area contributed by atoms with Crippen LogP contribution in [0.1, 0.15) is 60.3 Å². The number of hydrogen-bond donors (Lipinski definition) is 0. The van der Waals surface area contributed by atoms with Crippen molar-refractivity contribution in [2.75, 3.05) is 0 Å². The third-order valence-corrected chi connectivity index (χ3v) is 10.6. The Bertz CT molecular complexity index is 2510. The van der Waals surface area contributed by atoms with Crippen molar-refractivity contribution in [3.05, 3.63) is 168 Å². The number of pyridine rings is 2. The van der Waals surface area contributed by atoms with E-state index in [1.54, 1.807) is 0 Å². The minimum atomic E-state index is -0.0577. The fourth-order valence-electron chi connectivity index (χ4n) is 7.61. The number of nitrogens with zero attached hydrogens (tertiary/aromatic N) is 6. The first-order valence-electron chi connectivity index (χ1n) is 18.1. The van der Waals surface area contributed by atoms with Gasteiger partial charge in [0.2, 0.25) is 0 Å². The summed E-state index contributed by atoms with van der Waals surface area (Å²) in [6.45, 7) is 4.62. The molecule has 0 bridgehead atoms. The summed E-state index contributed by atoms with van der Waals surface area (Å²) in [5, 5.41) is 2.05. The summed E-state index contributed by atoms with van der Waals surface area (Å²) in [6.07, 6.45) is 17.9. The van der Waals surface area contributed by atoms with Gasteiger partial charge in [-0.25, -0.2) is 19.9 Å². The van der Waals surface area contributed by atoms with Crippen LogP contribution < -0.4 is 0 Å². The summed E-state index contributed by atoms with van der Waals surface area (Å²) in [6, 6.07) is 37.9. The van der Waals surface area contributed by atoms with Crippen LogP contribution in [0, 0.1) is 0 Å². The zero-order valence-corrected chi connectivity index (χ0v) is 29.6. The first kappa shape index (κ1) is 32.3. The Morgan fingerprint density at radius 2 is 0.943 bits per heavy atom. The van der Waals surface area contributed by atoms with E-state index in [9.17, 15) is 0 Å². The molecule has 0 radical (unpaired) electrons. The topological polar surface area (TPSA) is 77.3 Å². The second kappa shape index (κ2) is 13.5. The van der Waals surface area contributed by atoms with Crippen LogP contribution >= 0.6 is 0 Å². The van der Waals surface area contributed by atoms with Crippen LogP contribution in [0.25, 0.3) is 80.0 Å². The quantitative estimate of drug-likeness (QED) is 0.159. The molecule has 1 aliphatic carbocycles. The van der Waals surface area contributed by atoms with Crippen LogP contribution in [-0.2, 0) is 5.41 Å². The highest BCUT2D eigenvalue weighted by Crippen LogP contribution is 2.53. The first-order chi connectivity index (χ1) is 26.1. The van der Waals surface area contributed by atoms with Gasteiger partial charge in [-0.2, -0.15) is 0 Å². The van der Waals surface area contributed by atoms with Crippen molar-refractivity contribution in [1.29, 1.82) is 0 Å². The van der Waals surface area contributed by atoms with Gasteiger partial charge in [-0.05, 0) is 94.8 Å². The fourth-order valence-corrected chi connectivity index (χ4v) is 7.61. The number of rotatable bonds is 8. The number of benzene rings is 4. The molecule has 6 heteroatoms. The van der Waals surface area contributed by atoms with Crippen molar-refractivity contribution >= 4 is 46.1 Å². The Morgan fingerprint density at radius 3 is 1.38 bits per heavy atom. The normalized spacial score (nSPS) is 13.2. The zero-order valence-electron chi connectivity index (χ0n) is 29.6. The summed E-state index contributed by atoms with van der Waals surface area (Å²) < 4.78 is 0. The molecule has 0 N–H and O–H groups in total. The van der Waals surface area contributed by atoms with E-state index < -0.39 is 0 Å². The first-order valence-corrected chi connectivity index (χ1v) is 18.1. The van der Waals surface area contributed by atoms with Gasteiger partial charge in [-0.3, -0.25) is 9.97 Å². The lowest BCUT2D eigenvalue weighted by molar-refractivity contribution is 0.490. The molecule has 254 valence electrons. The van der Waals surface area contributed by atoms with E-state index in [-0.39, 0.29) is 5.41 Å². The van der Waals surface area contributed by atoms with Crippen molar-refractivity contribution in [1.82, 2.24) is 29.9 Å². The highest BCUT2D eigenvalue weighted by Gasteiger charge is 2.40. The molecule has 0 fully saturated rings. The van der Waals surface area contributed by atoms with Gasteiger partial charge in [-0.15, -0.1) is 0 Å². The molecule has 0 saturated carbocycles. The predicted molar refractivity (Wildman–Crippen MR) is 217 cm³/mol. The van der Waals surface area contributed by atoms with Crippen LogP contribution in [0.15, 0.2) is 134 Å². The molecule has 0 aliphatic heterocycles. The third kappa shape index (κ3) is 5.98. The summed E-state index contributed by atoms with van der Waals surface area (Å²) >= 11 is 0. The van der Waals surface area contributed by atoms with E-state index >= 15 is 0 Å². The maximum absolute atomic E-state index is 4.72. The smallest absolute Gasteiger partial charge is 0.161 e. The average molecular weight is 685 g/mol. The van der Waals surface area contributed by atoms with Crippen molar-refractivity contribution in [2.24, 2.45) is 0 Å². The molecule has 6 nitrogen and oxygen atoms in total. The Morgan fingerprint density at radius 1 is 0.472 bits per heavy atom. The Balaban J connectivity index is 0.937. The molecule has 1 aliphatic rings. The molecule has 0 atom stereocenters. The number of aromatic nitrogens is 6. The molecule has 0 amide bonds. The largest absolute Gasteiger partial charge is 0.256 e. The fraction of sp³-hybridized carbons (Fsp3) is 0.106. The Labute approximate surface area is 308 Å². The third-order valence-electron chi connectivity index (χ3n) is 10.6. The minimum Gasteiger partial charge on any atom is -0.256 e. The van der Waals surface area contributed by atoms with Crippen LogP contribution in [0.3, 0.4) is 0 Å². The van der Waals surface area contributed by atoms with Gasteiger partial charge in [-0.1, -0.05) is 98.8 Å². The average Bonchev–Trinajstić information content (AvgIpc) is 3.50. The van der Waals surface area contributed by atoms with Crippen molar-refractivity contribution in [2.45, 2.75) is 32.1 Å². The maximum atomic E-state index is 4.72. The van der Waals surface area contributed by atoms with Gasteiger partial charge in [0.25, 0.3) is 0 Å². The zero-order chi connectivity index (χ0) is 35.8. The van der Waals surface area contributed by atoms with Gasteiger partial charge >= 0.3 is 0 Å². The van der Waals surface area contributed by atoms with E-state index in [0.717, 1.165) is 68.3 Å². The monoisotopic (exact) mass is 684 g/mol. The van der Waals surface area contributed by atoms with Gasteiger partial charge < -0.3 is 0 Å². The van der Waals surface area contributed by atoms with E-state index in [1.807, 2.05) is 97.6 Å². The van der Waals surface area contributed by atoms with Crippen LogP contribution in [0.2, 0.25) is 0 Å². The van der Waals surface area contributed by atoms with Gasteiger partial charge in [0.1, 0.15) is 0 Å². The maximum Gasteiger partial charge on any atom is 0.161 e. The lowest BCUT2D eigenvalue weighted by atomic mass is 9.73. The number of fused-ring (bicyclic) bond motifs is 5. The van der Waals surface area contributed by atoms with Gasteiger partial charge in [0.15, 0.2) is 11.6 Å². The van der Waals surface area contributed by atoms with Crippen LogP contribution in [0.5, 0.6) is 0 Å². The molecule has 9 rings (SSSR count).